The van der Waals surface area contributed by atoms with Crippen LogP contribution in [-0.2, 0) is 16.7 Å². The Balaban J connectivity index is 2.29. The van der Waals surface area contributed by atoms with Crippen LogP contribution in [0.2, 0.25) is 0 Å². The number of halogens is 1. The van der Waals surface area contributed by atoms with Gasteiger partial charge in [-0.25, -0.2) is 4.79 Å². The Morgan fingerprint density at radius 2 is 2.04 bits per heavy atom. The van der Waals surface area contributed by atoms with Gasteiger partial charge in [-0.05, 0) is 41.7 Å². The topological polar surface area (TPSA) is 38.3 Å². The predicted octanol–water partition coefficient (Wildman–Crippen LogP) is 5.52. The van der Waals surface area contributed by atoms with E-state index in [-0.39, 0.29) is 11.4 Å². The van der Waals surface area contributed by atoms with E-state index in [1.807, 2.05) is 18.2 Å². The molecule has 0 aliphatic carbocycles. The number of hydrogen-bond acceptors (Lipinski definition) is 4. The first kappa shape index (κ1) is 18.0. The van der Waals surface area contributed by atoms with Gasteiger partial charge in [0.2, 0.25) is 0 Å². The number of hydrogen-bond donors (Lipinski definition) is 1. The van der Waals surface area contributed by atoms with Crippen LogP contribution in [0.5, 0.6) is 0 Å². The van der Waals surface area contributed by atoms with E-state index in [1.54, 1.807) is 0 Å². The van der Waals surface area contributed by atoms with E-state index in [4.69, 9.17) is 4.74 Å². The van der Waals surface area contributed by atoms with Gasteiger partial charge in [-0.2, -0.15) is 0 Å². The second kappa shape index (κ2) is 7.05. The molecule has 0 aliphatic rings. The van der Waals surface area contributed by atoms with Crippen LogP contribution in [0.15, 0.2) is 28.7 Å². The van der Waals surface area contributed by atoms with Crippen LogP contribution in [-0.4, -0.2) is 13.1 Å². The van der Waals surface area contributed by atoms with E-state index in [0.29, 0.717) is 11.4 Å². The highest BCUT2D eigenvalue weighted by molar-refractivity contribution is 9.10. The highest BCUT2D eigenvalue weighted by Crippen LogP contribution is 2.33. The summed E-state index contributed by atoms with van der Waals surface area (Å²) >= 11 is 5.06. The summed E-state index contributed by atoms with van der Waals surface area (Å²) in [6.07, 6.45) is 0. The molecule has 2 rings (SSSR count). The Labute approximate surface area is 150 Å². The van der Waals surface area contributed by atoms with Gasteiger partial charge < -0.3 is 10.1 Å². The Bertz CT molecular complexity index is 716. The third-order valence-corrected chi connectivity index (χ3v) is 6.10. The fourth-order valence-corrected chi connectivity index (χ4v) is 3.71. The van der Waals surface area contributed by atoms with Crippen LogP contribution in [0.25, 0.3) is 0 Å². The second-order valence-corrected chi connectivity index (χ2v) is 8.38. The van der Waals surface area contributed by atoms with Crippen molar-refractivity contribution in [2.24, 2.45) is 0 Å². The lowest BCUT2D eigenvalue weighted by Gasteiger charge is -2.15. The van der Waals surface area contributed by atoms with Gasteiger partial charge in [0, 0.05) is 21.6 Å². The van der Waals surface area contributed by atoms with E-state index < -0.39 is 0 Å². The molecule has 0 aliphatic heterocycles. The molecule has 1 heterocycles. The highest BCUT2D eigenvalue weighted by Gasteiger charge is 2.23. The monoisotopic (exact) mass is 395 g/mol. The number of thiophene rings is 1. The van der Waals surface area contributed by atoms with Gasteiger partial charge in [-0.1, -0.05) is 42.8 Å². The van der Waals surface area contributed by atoms with E-state index in [0.717, 1.165) is 21.3 Å². The number of ether oxygens (including phenoxy) is 1. The van der Waals surface area contributed by atoms with Crippen LogP contribution in [0.1, 0.15) is 46.4 Å². The number of benzene rings is 1. The predicted molar refractivity (Wildman–Crippen MR) is 101 cm³/mol. The average Bonchev–Trinajstić information content (AvgIpc) is 2.92. The van der Waals surface area contributed by atoms with Crippen LogP contribution in [0, 0.1) is 6.92 Å². The summed E-state index contributed by atoms with van der Waals surface area (Å²) in [5.41, 5.74) is 3.19. The molecule has 1 aromatic carbocycles. The second-order valence-electron chi connectivity index (χ2n) is 6.47. The Kier molecular flexibility index (Phi) is 5.53. The quantitative estimate of drug-likeness (QED) is 0.692. The first-order valence-electron chi connectivity index (χ1n) is 7.44. The first-order chi connectivity index (χ1) is 10.7. The summed E-state index contributed by atoms with van der Waals surface area (Å²) in [6.45, 7) is 9.09. The normalized spacial score (nSPS) is 11.4. The molecule has 0 bridgehead atoms. The zero-order valence-corrected chi connectivity index (χ0v) is 16.5. The summed E-state index contributed by atoms with van der Waals surface area (Å²) in [6, 6.07) is 8.16. The standard InChI is InChI=1S/C18H22BrNO2S/c1-11-13(19)7-6-8-14(11)20-10-12-9-15(18(2,3)4)23-16(12)17(21)22-5/h6-9,20H,10H2,1-5H3. The molecule has 0 unspecified atom stereocenters. The maximum Gasteiger partial charge on any atom is 0.348 e. The van der Waals surface area contributed by atoms with Gasteiger partial charge in [0.15, 0.2) is 0 Å². The Morgan fingerprint density at radius 1 is 1.35 bits per heavy atom. The number of rotatable bonds is 4. The van der Waals surface area contributed by atoms with Crippen molar-refractivity contribution >= 4 is 38.9 Å². The van der Waals surface area contributed by atoms with Gasteiger partial charge >= 0.3 is 5.97 Å². The van der Waals surface area contributed by atoms with Crippen molar-refractivity contribution in [3.63, 3.8) is 0 Å². The molecule has 0 amide bonds. The van der Waals surface area contributed by atoms with E-state index in [9.17, 15) is 4.79 Å². The maximum absolute atomic E-state index is 12.1. The summed E-state index contributed by atoms with van der Waals surface area (Å²) in [5.74, 6) is -0.270. The lowest BCUT2D eigenvalue weighted by atomic mass is 9.94. The SMILES string of the molecule is COC(=O)c1sc(C(C)(C)C)cc1CNc1cccc(Br)c1C. The summed E-state index contributed by atoms with van der Waals surface area (Å²) < 4.78 is 6.00. The molecule has 0 saturated heterocycles. The number of nitrogens with one attached hydrogen (secondary N) is 1. The van der Waals surface area contributed by atoms with Gasteiger partial charge in [-0.15, -0.1) is 11.3 Å². The van der Waals surface area contributed by atoms with Crippen molar-refractivity contribution in [1.29, 1.82) is 0 Å². The molecule has 3 nitrogen and oxygen atoms in total. The van der Waals surface area contributed by atoms with E-state index in [2.05, 4.69) is 55.0 Å². The molecular weight excluding hydrogens is 374 g/mol. The van der Waals surface area contributed by atoms with Gasteiger partial charge in [-0.3, -0.25) is 0 Å². The minimum absolute atomic E-state index is 0.0113. The summed E-state index contributed by atoms with van der Waals surface area (Å²) in [4.78, 5) is 13.9. The fourth-order valence-electron chi connectivity index (χ4n) is 2.18. The van der Waals surface area contributed by atoms with Crippen molar-refractivity contribution in [2.45, 2.75) is 39.7 Å². The third kappa shape index (κ3) is 4.15. The zero-order chi connectivity index (χ0) is 17.2. The number of carbonyl (C=O) groups is 1. The number of methoxy groups -OCH3 is 1. The molecule has 0 radical (unpaired) electrons. The summed E-state index contributed by atoms with van der Waals surface area (Å²) in [5, 5.41) is 3.42. The van der Waals surface area contributed by atoms with Gasteiger partial charge in [0.05, 0.1) is 7.11 Å². The Morgan fingerprint density at radius 3 is 2.65 bits per heavy atom. The van der Waals surface area contributed by atoms with Crippen LogP contribution >= 0.6 is 27.3 Å². The molecule has 0 atom stereocenters. The molecule has 1 N–H and O–H groups in total. The molecule has 2 aromatic rings. The van der Waals surface area contributed by atoms with Crippen molar-refractivity contribution < 1.29 is 9.53 Å². The van der Waals surface area contributed by atoms with Crippen LogP contribution < -0.4 is 5.32 Å². The number of anilines is 1. The minimum atomic E-state index is -0.270. The molecule has 0 spiro atoms. The smallest absolute Gasteiger partial charge is 0.348 e. The van der Waals surface area contributed by atoms with Crippen molar-refractivity contribution in [3.8, 4) is 0 Å². The molecule has 124 valence electrons. The van der Waals surface area contributed by atoms with Crippen LogP contribution in [0.3, 0.4) is 0 Å². The number of carbonyl (C=O) groups excluding carboxylic acids is 1. The maximum atomic E-state index is 12.1. The van der Waals surface area contributed by atoms with E-state index >= 15 is 0 Å². The first-order valence-corrected chi connectivity index (χ1v) is 9.05. The van der Waals surface area contributed by atoms with E-state index in [1.165, 1.54) is 23.3 Å². The van der Waals surface area contributed by atoms with Crippen molar-refractivity contribution in [1.82, 2.24) is 0 Å². The Hall–Kier alpha value is -1.33. The molecule has 0 fully saturated rings. The average molecular weight is 396 g/mol. The van der Waals surface area contributed by atoms with Crippen LogP contribution in [0.4, 0.5) is 5.69 Å². The molecule has 5 heteroatoms. The minimum Gasteiger partial charge on any atom is -0.465 e. The lowest BCUT2D eigenvalue weighted by Crippen LogP contribution is -2.08. The molecular formula is C18H22BrNO2S. The summed E-state index contributed by atoms with van der Waals surface area (Å²) in [7, 11) is 1.43. The molecule has 23 heavy (non-hydrogen) atoms. The molecule has 1 aromatic heterocycles. The van der Waals surface area contributed by atoms with Gasteiger partial charge in [0.25, 0.3) is 0 Å². The highest BCUT2D eigenvalue weighted by atomic mass is 79.9. The largest absolute Gasteiger partial charge is 0.465 e. The third-order valence-electron chi connectivity index (χ3n) is 3.66. The zero-order valence-electron chi connectivity index (χ0n) is 14.1. The van der Waals surface area contributed by atoms with Crippen molar-refractivity contribution in [2.75, 3.05) is 12.4 Å². The molecule has 0 saturated carbocycles. The van der Waals surface area contributed by atoms with Crippen molar-refractivity contribution in [3.05, 3.63) is 49.6 Å². The number of esters is 1. The lowest BCUT2D eigenvalue weighted by molar-refractivity contribution is 0.0605. The fraction of sp³-hybridized carbons (Fsp3) is 0.389. The van der Waals surface area contributed by atoms with Gasteiger partial charge in [0.1, 0.15) is 4.88 Å².